The van der Waals surface area contributed by atoms with Crippen molar-refractivity contribution in [3.05, 3.63) is 102 Å². The minimum absolute atomic E-state index is 0.0726. The minimum Gasteiger partial charge on any atom is -0.333 e. The molecule has 0 unspecified atom stereocenters. The number of pyridine rings is 1. The Balaban J connectivity index is 1.24. The zero-order valence-electron chi connectivity index (χ0n) is 20.6. The lowest BCUT2D eigenvalue weighted by molar-refractivity contribution is 0.0475. The summed E-state index contributed by atoms with van der Waals surface area (Å²) in [6.07, 6.45) is 1.55. The third kappa shape index (κ3) is 5.51. The van der Waals surface area contributed by atoms with E-state index in [0.29, 0.717) is 53.9 Å². The molecule has 2 heterocycles. The van der Waals surface area contributed by atoms with E-state index in [-0.39, 0.29) is 16.8 Å². The number of anilines is 1. The molecule has 0 bridgehead atoms. The Morgan fingerprint density at radius 3 is 2.42 bits per heavy atom. The van der Waals surface area contributed by atoms with Gasteiger partial charge in [-0.3, -0.25) is 19.4 Å². The largest absolute Gasteiger partial charge is 0.333 e. The van der Waals surface area contributed by atoms with Gasteiger partial charge in [0.2, 0.25) is 0 Å². The number of nitrogens with zero attached hydrogens (tertiary/aromatic N) is 3. The normalized spacial score (nSPS) is 16.5. The maximum absolute atomic E-state index is 13.5. The first kappa shape index (κ1) is 25.7. The number of aromatic nitrogens is 1. The van der Waals surface area contributed by atoms with Gasteiger partial charge in [-0.05, 0) is 61.0 Å². The van der Waals surface area contributed by atoms with E-state index in [1.807, 2.05) is 6.92 Å². The van der Waals surface area contributed by atoms with Crippen LogP contribution in [0.25, 0.3) is 10.9 Å². The summed E-state index contributed by atoms with van der Waals surface area (Å²) in [7, 11) is -3.90. The van der Waals surface area contributed by atoms with Gasteiger partial charge >= 0.3 is 0 Å². The van der Waals surface area contributed by atoms with E-state index in [2.05, 4.69) is 14.6 Å². The molecular formula is C28H26F2N4O3S. The van der Waals surface area contributed by atoms with Gasteiger partial charge in [-0.15, -0.1) is 0 Å². The van der Waals surface area contributed by atoms with Crippen molar-refractivity contribution >= 4 is 32.5 Å². The summed E-state index contributed by atoms with van der Waals surface area (Å²) in [6, 6.07) is 18.2. The van der Waals surface area contributed by atoms with Gasteiger partial charge in [-0.1, -0.05) is 18.2 Å². The zero-order valence-corrected chi connectivity index (χ0v) is 21.5. The van der Waals surface area contributed by atoms with Crippen LogP contribution in [0.15, 0.2) is 83.9 Å². The van der Waals surface area contributed by atoms with Gasteiger partial charge in [0.25, 0.3) is 15.9 Å². The van der Waals surface area contributed by atoms with Crippen LogP contribution in [-0.2, 0) is 16.6 Å². The van der Waals surface area contributed by atoms with Crippen LogP contribution in [0.5, 0.6) is 0 Å². The molecule has 38 heavy (non-hydrogen) atoms. The molecule has 1 aromatic heterocycles. The molecule has 196 valence electrons. The van der Waals surface area contributed by atoms with E-state index in [1.165, 1.54) is 18.2 Å². The third-order valence-corrected chi connectivity index (χ3v) is 7.98. The molecule has 1 amide bonds. The molecule has 0 aliphatic carbocycles. The molecule has 0 radical (unpaired) electrons. The zero-order chi connectivity index (χ0) is 26.9. The van der Waals surface area contributed by atoms with Crippen molar-refractivity contribution in [2.75, 3.05) is 24.4 Å². The van der Waals surface area contributed by atoms with Crippen LogP contribution in [0.2, 0.25) is 0 Å². The molecule has 7 nitrogen and oxygen atoms in total. The van der Waals surface area contributed by atoms with Gasteiger partial charge < -0.3 is 4.90 Å². The SMILES string of the molecule is C[C@@H]1CN(Cc2cc(F)cc(F)c2)CCN1C(=O)c1ccc(NS(=O)(=O)c2cccc3cccnc23)cc1. The van der Waals surface area contributed by atoms with E-state index in [0.717, 1.165) is 6.07 Å². The fourth-order valence-electron chi connectivity index (χ4n) is 4.79. The molecule has 3 aromatic carbocycles. The third-order valence-electron chi connectivity index (χ3n) is 6.57. The number of benzene rings is 3. The van der Waals surface area contributed by atoms with Crippen LogP contribution in [0.1, 0.15) is 22.8 Å². The van der Waals surface area contributed by atoms with E-state index in [4.69, 9.17) is 0 Å². The standard InChI is InChI=1S/C28H26F2N4O3S/c1-19-17-33(18-20-14-23(29)16-24(30)15-20)12-13-34(19)28(35)22-7-9-25(10-8-22)32-38(36,37)26-6-2-4-21-5-3-11-31-27(21)26/h2-11,14-16,19,32H,12-13,17-18H2,1H3/t19-/m1/s1. The Kier molecular flexibility index (Phi) is 7.09. The van der Waals surface area contributed by atoms with Crippen molar-refractivity contribution in [3.63, 3.8) is 0 Å². The summed E-state index contributed by atoms with van der Waals surface area (Å²) in [6.45, 7) is 3.89. The number of hydrogen-bond donors (Lipinski definition) is 1. The van der Waals surface area contributed by atoms with Gasteiger partial charge in [-0.25, -0.2) is 17.2 Å². The van der Waals surface area contributed by atoms with Gasteiger partial charge in [0, 0.05) is 61.1 Å². The summed E-state index contributed by atoms with van der Waals surface area (Å²) in [5.74, 6) is -1.38. The maximum atomic E-state index is 13.5. The number of carbonyl (C=O) groups excluding carboxylic acids is 1. The van der Waals surface area contributed by atoms with E-state index >= 15 is 0 Å². The summed E-state index contributed by atoms with van der Waals surface area (Å²) < 4.78 is 55.7. The molecule has 1 fully saturated rings. The van der Waals surface area contributed by atoms with Gasteiger partial charge in [0.15, 0.2) is 0 Å². The van der Waals surface area contributed by atoms with Crippen molar-refractivity contribution in [1.29, 1.82) is 0 Å². The molecule has 1 atom stereocenters. The highest BCUT2D eigenvalue weighted by Crippen LogP contribution is 2.24. The van der Waals surface area contributed by atoms with E-state index in [1.54, 1.807) is 59.6 Å². The summed E-state index contributed by atoms with van der Waals surface area (Å²) in [5.41, 5.74) is 1.69. The molecule has 1 saturated heterocycles. The topological polar surface area (TPSA) is 82.6 Å². The number of piperazine rings is 1. The monoisotopic (exact) mass is 536 g/mol. The highest BCUT2D eigenvalue weighted by atomic mass is 32.2. The summed E-state index contributed by atoms with van der Waals surface area (Å²) in [5, 5.41) is 0.716. The number of hydrogen-bond acceptors (Lipinski definition) is 5. The molecule has 1 aliphatic rings. The number of halogens is 2. The Morgan fingerprint density at radius 2 is 1.71 bits per heavy atom. The first-order valence-electron chi connectivity index (χ1n) is 12.1. The lowest BCUT2D eigenvalue weighted by atomic mass is 10.1. The average molecular weight is 537 g/mol. The summed E-state index contributed by atoms with van der Waals surface area (Å²) >= 11 is 0. The predicted octanol–water partition coefficient (Wildman–Crippen LogP) is 4.66. The second kappa shape index (κ2) is 10.5. The number of carbonyl (C=O) groups is 1. The Morgan fingerprint density at radius 1 is 1.00 bits per heavy atom. The first-order valence-corrected chi connectivity index (χ1v) is 13.6. The van der Waals surface area contributed by atoms with Crippen LogP contribution < -0.4 is 4.72 Å². The molecule has 0 spiro atoms. The molecule has 4 aromatic rings. The highest BCUT2D eigenvalue weighted by Gasteiger charge is 2.28. The summed E-state index contributed by atoms with van der Waals surface area (Å²) in [4.78, 5) is 21.3. The van der Waals surface area contributed by atoms with Crippen molar-refractivity contribution < 1.29 is 22.0 Å². The number of rotatable bonds is 6. The quantitative estimate of drug-likeness (QED) is 0.388. The average Bonchev–Trinajstić information content (AvgIpc) is 2.88. The van der Waals surface area contributed by atoms with E-state index < -0.39 is 21.7 Å². The molecule has 1 aliphatic heterocycles. The number of amides is 1. The Hall–Kier alpha value is -3.89. The second-order valence-electron chi connectivity index (χ2n) is 9.37. The molecule has 0 saturated carbocycles. The fourth-order valence-corrected chi connectivity index (χ4v) is 6.03. The highest BCUT2D eigenvalue weighted by molar-refractivity contribution is 7.93. The van der Waals surface area contributed by atoms with Crippen LogP contribution in [-0.4, -0.2) is 54.8 Å². The van der Waals surface area contributed by atoms with Gasteiger partial charge in [0.05, 0.1) is 5.52 Å². The Bertz CT molecular complexity index is 1570. The molecule has 5 rings (SSSR count). The van der Waals surface area contributed by atoms with Crippen LogP contribution >= 0.6 is 0 Å². The predicted molar refractivity (Wildman–Crippen MR) is 141 cm³/mol. The smallest absolute Gasteiger partial charge is 0.264 e. The van der Waals surface area contributed by atoms with Crippen molar-refractivity contribution in [1.82, 2.24) is 14.8 Å². The number of fused-ring (bicyclic) bond motifs is 1. The van der Waals surface area contributed by atoms with Gasteiger partial charge in [0.1, 0.15) is 16.5 Å². The minimum atomic E-state index is -3.90. The van der Waals surface area contributed by atoms with Crippen molar-refractivity contribution in [2.24, 2.45) is 0 Å². The molecule has 10 heteroatoms. The number of para-hydroxylation sites is 1. The van der Waals surface area contributed by atoms with Crippen LogP contribution in [0, 0.1) is 11.6 Å². The number of nitrogens with one attached hydrogen (secondary N) is 1. The van der Waals surface area contributed by atoms with Crippen molar-refractivity contribution in [3.8, 4) is 0 Å². The van der Waals surface area contributed by atoms with Crippen molar-refractivity contribution in [2.45, 2.75) is 24.4 Å². The molecular weight excluding hydrogens is 510 g/mol. The van der Waals surface area contributed by atoms with Crippen LogP contribution in [0.4, 0.5) is 14.5 Å². The van der Waals surface area contributed by atoms with Crippen LogP contribution in [0.3, 0.4) is 0 Å². The second-order valence-corrected chi connectivity index (χ2v) is 11.0. The first-order chi connectivity index (χ1) is 18.2. The maximum Gasteiger partial charge on any atom is 0.264 e. The van der Waals surface area contributed by atoms with Gasteiger partial charge in [-0.2, -0.15) is 0 Å². The fraction of sp³-hybridized carbons (Fsp3) is 0.214. The lowest BCUT2D eigenvalue weighted by Gasteiger charge is -2.40. The number of sulfonamides is 1. The Labute approximate surface area is 219 Å². The lowest BCUT2D eigenvalue weighted by Crippen LogP contribution is -2.53. The van der Waals surface area contributed by atoms with E-state index in [9.17, 15) is 22.0 Å². The molecule has 1 N–H and O–H groups in total.